The molecule has 0 bridgehead atoms. The fourth-order valence-corrected chi connectivity index (χ4v) is 3.18. The Kier molecular flexibility index (Phi) is 9.47. The van der Waals surface area contributed by atoms with Crippen LogP contribution in [0.4, 0.5) is 4.79 Å². The number of pyridine rings is 1. The third-order valence-corrected chi connectivity index (χ3v) is 4.58. The standard InChI is InChI=1S/C20H32BrN3O4/c1-20(2,3)28-19(25)22-9-6-13-26-15-16-17(7-8-18(21)23-16)27-14-12-24-10-4-5-11-24/h7-8H,4-6,9-15H2,1-3H3,(H,22,25). The summed E-state index contributed by atoms with van der Waals surface area (Å²) < 4.78 is 17.6. The number of ether oxygens (including phenoxy) is 3. The van der Waals surface area contributed by atoms with Crippen molar-refractivity contribution in [3.63, 3.8) is 0 Å². The van der Waals surface area contributed by atoms with E-state index < -0.39 is 11.7 Å². The highest BCUT2D eigenvalue weighted by molar-refractivity contribution is 9.10. The minimum absolute atomic E-state index is 0.366. The normalized spacial score (nSPS) is 14.9. The summed E-state index contributed by atoms with van der Waals surface area (Å²) >= 11 is 3.40. The fraction of sp³-hybridized carbons (Fsp3) is 0.700. The molecule has 7 nitrogen and oxygen atoms in total. The van der Waals surface area contributed by atoms with Crippen molar-refractivity contribution >= 4 is 22.0 Å². The van der Waals surface area contributed by atoms with Gasteiger partial charge in [0.05, 0.1) is 6.61 Å². The molecule has 0 aromatic carbocycles. The molecule has 2 heterocycles. The number of likely N-dealkylation sites (tertiary alicyclic amines) is 1. The van der Waals surface area contributed by atoms with Gasteiger partial charge in [-0.15, -0.1) is 0 Å². The third-order valence-electron chi connectivity index (χ3n) is 4.13. The maximum Gasteiger partial charge on any atom is 0.407 e. The van der Waals surface area contributed by atoms with E-state index in [4.69, 9.17) is 14.2 Å². The van der Waals surface area contributed by atoms with Gasteiger partial charge in [0.25, 0.3) is 0 Å². The number of halogens is 1. The first-order chi connectivity index (χ1) is 13.3. The molecule has 158 valence electrons. The van der Waals surface area contributed by atoms with Crippen LogP contribution in [0.15, 0.2) is 16.7 Å². The fourth-order valence-electron chi connectivity index (χ4n) is 2.84. The summed E-state index contributed by atoms with van der Waals surface area (Å²) in [4.78, 5) is 18.5. The van der Waals surface area contributed by atoms with E-state index in [-0.39, 0.29) is 0 Å². The molecule has 0 radical (unpaired) electrons. The summed E-state index contributed by atoms with van der Waals surface area (Å²) in [7, 11) is 0. The highest BCUT2D eigenvalue weighted by atomic mass is 79.9. The van der Waals surface area contributed by atoms with E-state index in [1.807, 2.05) is 32.9 Å². The number of nitrogens with one attached hydrogen (secondary N) is 1. The number of hydrogen-bond acceptors (Lipinski definition) is 6. The van der Waals surface area contributed by atoms with Crippen LogP contribution in [0.25, 0.3) is 0 Å². The van der Waals surface area contributed by atoms with Crippen molar-refractivity contribution in [1.29, 1.82) is 0 Å². The minimum Gasteiger partial charge on any atom is -0.490 e. The van der Waals surface area contributed by atoms with Gasteiger partial charge in [-0.25, -0.2) is 9.78 Å². The van der Waals surface area contributed by atoms with Crippen molar-refractivity contribution in [3.05, 3.63) is 22.4 Å². The van der Waals surface area contributed by atoms with Crippen molar-refractivity contribution in [3.8, 4) is 5.75 Å². The van der Waals surface area contributed by atoms with Crippen molar-refractivity contribution in [2.75, 3.05) is 39.4 Å². The Morgan fingerprint density at radius 1 is 1.25 bits per heavy atom. The molecule has 2 rings (SSSR count). The van der Waals surface area contributed by atoms with Gasteiger partial charge in [-0.1, -0.05) is 0 Å². The molecule has 0 saturated carbocycles. The van der Waals surface area contributed by atoms with Crippen LogP contribution >= 0.6 is 15.9 Å². The van der Waals surface area contributed by atoms with E-state index in [0.29, 0.717) is 32.8 Å². The largest absolute Gasteiger partial charge is 0.490 e. The number of amides is 1. The van der Waals surface area contributed by atoms with Crippen molar-refractivity contribution in [1.82, 2.24) is 15.2 Å². The first-order valence-electron chi connectivity index (χ1n) is 9.89. The van der Waals surface area contributed by atoms with Crippen LogP contribution in [0.2, 0.25) is 0 Å². The van der Waals surface area contributed by atoms with E-state index in [1.54, 1.807) is 0 Å². The second-order valence-corrected chi connectivity index (χ2v) is 8.62. The van der Waals surface area contributed by atoms with Gasteiger partial charge in [-0.3, -0.25) is 4.90 Å². The lowest BCUT2D eigenvalue weighted by Crippen LogP contribution is -2.33. The third kappa shape index (κ3) is 9.21. The van der Waals surface area contributed by atoms with Gasteiger partial charge in [0.2, 0.25) is 0 Å². The zero-order valence-electron chi connectivity index (χ0n) is 17.1. The predicted molar refractivity (Wildman–Crippen MR) is 112 cm³/mol. The first kappa shape index (κ1) is 22.9. The molecule has 0 spiro atoms. The molecule has 0 aliphatic carbocycles. The molecule has 28 heavy (non-hydrogen) atoms. The summed E-state index contributed by atoms with van der Waals surface area (Å²) in [5.41, 5.74) is 0.286. The number of rotatable bonds is 10. The quantitative estimate of drug-likeness (QED) is 0.425. The van der Waals surface area contributed by atoms with Crippen LogP contribution in [0, 0.1) is 0 Å². The van der Waals surface area contributed by atoms with E-state index in [9.17, 15) is 4.79 Å². The Balaban J connectivity index is 1.66. The Bertz CT molecular complexity index is 616. The van der Waals surface area contributed by atoms with Gasteiger partial charge in [0.15, 0.2) is 0 Å². The van der Waals surface area contributed by atoms with Gasteiger partial charge in [-0.05, 0) is 81.2 Å². The number of nitrogens with zero attached hydrogens (tertiary/aromatic N) is 2. The molecule has 1 N–H and O–H groups in total. The second-order valence-electron chi connectivity index (χ2n) is 7.81. The van der Waals surface area contributed by atoms with Gasteiger partial charge in [0.1, 0.15) is 28.3 Å². The maximum absolute atomic E-state index is 11.6. The Hall–Kier alpha value is -1.38. The summed E-state index contributed by atoms with van der Waals surface area (Å²) in [6, 6.07) is 3.79. The van der Waals surface area contributed by atoms with Crippen molar-refractivity contribution < 1.29 is 19.0 Å². The van der Waals surface area contributed by atoms with Crippen molar-refractivity contribution in [2.45, 2.75) is 52.2 Å². The maximum atomic E-state index is 11.6. The highest BCUT2D eigenvalue weighted by Crippen LogP contribution is 2.21. The van der Waals surface area contributed by atoms with E-state index >= 15 is 0 Å². The molecule has 1 aliphatic heterocycles. The van der Waals surface area contributed by atoms with Crippen LogP contribution in [-0.4, -0.2) is 61.0 Å². The van der Waals surface area contributed by atoms with Gasteiger partial charge < -0.3 is 19.5 Å². The molecule has 1 aromatic rings. The van der Waals surface area contributed by atoms with Crippen LogP contribution in [-0.2, 0) is 16.1 Å². The number of alkyl carbamates (subject to hydrolysis) is 1. The van der Waals surface area contributed by atoms with Crippen LogP contribution in [0.1, 0.15) is 45.7 Å². The molecule has 1 aliphatic rings. The topological polar surface area (TPSA) is 72.9 Å². The Labute approximate surface area is 176 Å². The molecule has 1 saturated heterocycles. The Morgan fingerprint density at radius 3 is 2.71 bits per heavy atom. The van der Waals surface area contributed by atoms with E-state index in [0.717, 1.165) is 35.7 Å². The lowest BCUT2D eigenvalue weighted by atomic mass is 10.2. The predicted octanol–water partition coefficient (Wildman–Crippen LogP) is 3.75. The lowest BCUT2D eigenvalue weighted by Gasteiger charge is -2.19. The SMILES string of the molecule is CC(C)(C)OC(=O)NCCCOCc1nc(Br)ccc1OCCN1CCCC1. The lowest BCUT2D eigenvalue weighted by molar-refractivity contribution is 0.0517. The highest BCUT2D eigenvalue weighted by Gasteiger charge is 2.15. The zero-order valence-corrected chi connectivity index (χ0v) is 18.7. The van der Waals surface area contributed by atoms with E-state index in [2.05, 4.69) is 31.1 Å². The smallest absolute Gasteiger partial charge is 0.407 e. The molecular weight excluding hydrogens is 426 g/mol. The monoisotopic (exact) mass is 457 g/mol. The van der Waals surface area contributed by atoms with Gasteiger partial charge >= 0.3 is 6.09 Å². The molecule has 1 aromatic heterocycles. The summed E-state index contributed by atoms with van der Waals surface area (Å²) in [5, 5.41) is 2.72. The molecule has 0 atom stereocenters. The number of hydrogen-bond donors (Lipinski definition) is 1. The van der Waals surface area contributed by atoms with Gasteiger partial charge in [0, 0.05) is 19.7 Å². The average Bonchev–Trinajstić information content (AvgIpc) is 3.11. The zero-order chi connectivity index (χ0) is 20.4. The van der Waals surface area contributed by atoms with Crippen LogP contribution < -0.4 is 10.1 Å². The van der Waals surface area contributed by atoms with Crippen molar-refractivity contribution in [2.24, 2.45) is 0 Å². The number of aromatic nitrogens is 1. The summed E-state index contributed by atoms with van der Waals surface area (Å²) in [5.74, 6) is 0.759. The second kappa shape index (κ2) is 11.6. The molecule has 1 fully saturated rings. The van der Waals surface area contributed by atoms with E-state index in [1.165, 1.54) is 12.8 Å². The summed E-state index contributed by atoms with van der Waals surface area (Å²) in [6.45, 7) is 10.8. The molecule has 1 amide bonds. The molecule has 0 unspecified atom stereocenters. The van der Waals surface area contributed by atoms with Gasteiger partial charge in [-0.2, -0.15) is 0 Å². The summed E-state index contributed by atoms with van der Waals surface area (Å²) in [6.07, 6.45) is 2.84. The molecular formula is C20H32BrN3O4. The van der Waals surface area contributed by atoms with Crippen LogP contribution in [0.3, 0.4) is 0 Å². The van der Waals surface area contributed by atoms with Crippen LogP contribution in [0.5, 0.6) is 5.75 Å². The number of carbonyl (C=O) groups is 1. The minimum atomic E-state index is -0.488. The molecule has 8 heteroatoms. The Morgan fingerprint density at radius 2 is 2.00 bits per heavy atom. The first-order valence-corrected chi connectivity index (χ1v) is 10.7. The number of carbonyl (C=O) groups excluding carboxylic acids is 1. The average molecular weight is 458 g/mol.